The van der Waals surface area contributed by atoms with Gasteiger partial charge < -0.3 is 14.8 Å². The molecule has 0 atom stereocenters. The topological polar surface area (TPSA) is 30.5 Å². The van der Waals surface area contributed by atoms with Crippen molar-refractivity contribution in [3.05, 3.63) is 12.2 Å². The zero-order valence-electron chi connectivity index (χ0n) is 8.77. The largest absolute Gasteiger partial charge is 0.382 e. The van der Waals surface area contributed by atoms with Gasteiger partial charge in [0.1, 0.15) is 0 Å². The van der Waals surface area contributed by atoms with Crippen molar-refractivity contribution in [1.82, 2.24) is 5.32 Å². The van der Waals surface area contributed by atoms with Crippen LogP contribution in [0.1, 0.15) is 13.3 Å². The van der Waals surface area contributed by atoms with Gasteiger partial charge in [-0.2, -0.15) is 0 Å². The van der Waals surface area contributed by atoms with Crippen LogP contribution in [0, 0.1) is 0 Å². The summed E-state index contributed by atoms with van der Waals surface area (Å²) in [6.07, 6.45) is 1.04. The molecule has 0 radical (unpaired) electrons. The zero-order chi connectivity index (χ0) is 9.94. The van der Waals surface area contributed by atoms with Crippen LogP contribution in [-0.4, -0.2) is 40.0 Å². The first-order valence-corrected chi connectivity index (χ1v) is 4.75. The lowest BCUT2D eigenvalue weighted by Crippen LogP contribution is -2.22. The molecule has 0 aromatic heterocycles. The van der Waals surface area contributed by atoms with E-state index in [0.29, 0.717) is 13.2 Å². The van der Waals surface area contributed by atoms with E-state index in [0.717, 1.165) is 26.1 Å². The molecule has 0 fully saturated rings. The van der Waals surface area contributed by atoms with Gasteiger partial charge in [-0.15, -0.1) is 0 Å². The Balaban J connectivity index is 2.95. The summed E-state index contributed by atoms with van der Waals surface area (Å²) in [5.74, 6) is 0. The lowest BCUT2D eigenvalue weighted by Gasteiger charge is -2.06. The molecule has 0 aromatic rings. The molecule has 13 heavy (non-hydrogen) atoms. The summed E-state index contributed by atoms with van der Waals surface area (Å²) in [7, 11) is 1.67. The van der Waals surface area contributed by atoms with Crippen molar-refractivity contribution >= 4 is 0 Å². The number of rotatable bonds is 9. The Kier molecular flexibility index (Phi) is 9.42. The highest BCUT2D eigenvalue weighted by Gasteiger charge is 1.90. The second kappa shape index (κ2) is 9.71. The molecule has 0 saturated heterocycles. The SMILES string of the molecule is C=C(CC)CNCCOCCOC. The van der Waals surface area contributed by atoms with Gasteiger partial charge in [-0.3, -0.25) is 0 Å². The minimum absolute atomic E-state index is 0.668. The average molecular weight is 187 g/mol. The van der Waals surface area contributed by atoms with Gasteiger partial charge in [0, 0.05) is 20.2 Å². The lowest BCUT2D eigenvalue weighted by atomic mass is 10.2. The molecule has 3 nitrogen and oxygen atoms in total. The van der Waals surface area contributed by atoms with Crippen LogP contribution in [0.2, 0.25) is 0 Å². The van der Waals surface area contributed by atoms with E-state index in [1.807, 2.05) is 0 Å². The molecule has 78 valence electrons. The predicted octanol–water partition coefficient (Wildman–Crippen LogP) is 1.21. The van der Waals surface area contributed by atoms with Crippen molar-refractivity contribution in [1.29, 1.82) is 0 Å². The predicted molar refractivity (Wildman–Crippen MR) is 55.0 cm³/mol. The van der Waals surface area contributed by atoms with Gasteiger partial charge in [0.2, 0.25) is 0 Å². The maximum Gasteiger partial charge on any atom is 0.0700 e. The zero-order valence-corrected chi connectivity index (χ0v) is 8.77. The molecule has 0 aliphatic carbocycles. The van der Waals surface area contributed by atoms with Crippen molar-refractivity contribution in [2.75, 3.05) is 40.0 Å². The third kappa shape index (κ3) is 9.53. The van der Waals surface area contributed by atoms with Gasteiger partial charge in [-0.05, 0) is 6.42 Å². The fraction of sp³-hybridized carbons (Fsp3) is 0.800. The molecule has 0 bridgehead atoms. The normalized spacial score (nSPS) is 10.3. The molecule has 0 heterocycles. The fourth-order valence-corrected chi connectivity index (χ4v) is 0.779. The smallest absolute Gasteiger partial charge is 0.0700 e. The number of nitrogens with one attached hydrogen (secondary N) is 1. The van der Waals surface area contributed by atoms with Gasteiger partial charge in [0.05, 0.1) is 19.8 Å². The van der Waals surface area contributed by atoms with E-state index in [1.54, 1.807) is 7.11 Å². The third-order valence-corrected chi connectivity index (χ3v) is 1.73. The van der Waals surface area contributed by atoms with E-state index in [2.05, 4.69) is 18.8 Å². The van der Waals surface area contributed by atoms with Crippen LogP contribution in [0.3, 0.4) is 0 Å². The summed E-state index contributed by atoms with van der Waals surface area (Å²) in [6.45, 7) is 9.86. The van der Waals surface area contributed by atoms with Crippen molar-refractivity contribution < 1.29 is 9.47 Å². The molecular weight excluding hydrogens is 166 g/mol. The Morgan fingerprint density at radius 2 is 2.08 bits per heavy atom. The van der Waals surface area contributed by atoms with Crippen LogP contribution >= 0.6 is 0 Å². The Morgan fingerprint density at radius 3 is 2.69 bits per heavy atom. The minimum Gasteiger partial charge on any atom is -0.382 e. The third-order valence-electron chi connectivity index (χ3n) is 1.73. The van der Waals surface area contributed by atoms with Gasteiger partial charge in [0.15, 0.2) is 0 Å². The summed E-state index contributed by atoms with van der Waals surface area (Å²) < 4.78 is 10.1. The highest BCUT2D eigenvalue weighted by Crippen LogP contribution is 1.91. The molecular formula is C10H21NO2. The van der Waals surface area contributed by atoms with Crippen LogP contribution < -0.4 is 5.32 Å². The Morgan fingerprint density at radius 1 is 1.31 bits per heavy atom. The van der Waals surface area contributed by atoms with E-state index in [1.165, 1.54) is 5.57 Å². The standard InChI is InChI=1S/C10H21NO2/c1-4-10(2)9-11-5-6-13-8-7-12-3/h11H,2,4-9H2,1,3H3. The van der Waals surface area contributed by atoms with Crippen molar-refractivity contribution in [2.45, 2.75) is 13.3 Å². The molecule has 0 unspecified atom stereocenters. The van der Waals surface area contributed by atoms with Crippen molar-refractivity contribution in [3.8, 4) is 0 Å². The fourth-order valence-electron chi connectivity index (χ4n) is 0.779. The first kappa shape index (κ1) is 12.6. The minimum atomic E-state index is 0.668. The molecule has 0 saturated carbocycles. The number of hydrogen-bond acceptors (Lipinski definition) is 3. The Bertz CT molecular complexity index is 126. The summed E-state index contributed by atoms with van der Waals surface area (Å²) in [6, 6.07) is 0. The molecule has 0 spiro atoms. The van der Waals surface area contributed by atoms with Crippen molar-refractivity contribution in [3.63, 3.8) is 0 Å². The molecule has 3 heteroatoms. The monoisotopic (exact) mass is 187 g/mol. The molecule has 0 aliphatic rings. The van der Waals surface area contributed by atoms with Gasteiger partial charge in [0.25, 0.3) is 0 Å². The van der Waals surface area contributed by atoms with Gasteiger partial charge in [-0.25, -0.2) is 0 Å². The Hall–Kier alpha value is -0.380. The van der Waals surface area contributed by atoms with Crippen molar-refractivity contribution in [2.24, 2.45) is 0 Å². The quantitative estimate of drug-likeness (QED) is 0.434. The molecule has 0 amide bonds. The maximum absolute atomic E-state index is 5.27. The van der Waals surface area contributed by atoms with Gasteiger partial charge in [-0.1, -0.05) is 19.1 Å². The second-order valence-corrected chi connectivity index (χ2v) is 2.89. The second-order valence-electron chi connectivity index (χ2n) is 2.89. The highest BCUT2D eigenvalue weighted by atomic mass is 16.5. The van der Waals surface area contributed by atoms with Crippen LogP contribution in [-0.2, 0) is 9.47 Å². The summed E-state index contributed by atoms with van der Waals surface area (Å²) >= 11 is 0. The lowest BCUT2D eigenvalue weighted by molar-refractivity contribution is 0.0722. The molecule has 0 rings (SSSR count). The number of methoxy groups -OCH3 is 1. The van der Waals surface area contributed by atoms with Crippen LogP contribution in [0.15, 0.2) is 12.2 Å². The average Bonchev–Trinajstić information content (AvgIpc) is 2.16. The summed E-state index contributed by atoms with van der Waals surface area (Å²) in [5, 5.41) is 3.25. The summed E-state index contributed by atoms with van der Waals surface area (Å²) in [4.78, 5) is 0. The van der Waals surface area contributed by atoms with E-state index >= 15 is 0 Å². The van der Waals surface area contributed by atoms with Crippen LogP contribution in [0.5, 0.6) is 0 Å². The van der Waals surface area contributed by atoms with E-state index < -0.39 is 0 Å². The Labute approximate surface area is 81.1 Å². The molecule has 0 aliphatic heterocycles. The van der Waals surface area contributed by atoms with E-state index in [4.69, 9.17) is 9.47 Å². The highest BCUT2D eigenvalue weighted by molar-refractivity contribution is 4.94. The van der Waals surface area contributed by atoms with E-state index in [9.17, 15) is 0 Å². The maximum atomic E-state index is 5.27. The van der Waals surface area contributed by atoms with E-state index in [-0.39, 0.29) is 0 Å². The number of ether oxygens (including phenoxy) is 2. The van der Waals surface area contributed by atoms with Crippen LogP contribution in [0.25, 0.3) is 0 Å². The first-order chi connectivity index (χ1) is 6.31. The molecule has 1 N–H and O–H groups in total. The summed E-state index contributed by atoms with van der Waals surface area (Å²) in [5.41, 5.74) is 1.23. The van der Waals surface area contributed by atoms with Gasteiger partial charge >= 0.3 is 0 Å². The molecule has 0 aromatic carbocycles. The first-order valence-electron chi connectivity index (χ1n) is 4.75. The number of hydrogen-bond donors (Lipinski definition) is 1. The van der Waals surface area contributed by atoms with Crippen LogP contribution in [0.4, 0.5) is 0 Å².